The highest BCUT2D eigenvalue weighted by Gasteiger charge is 2.21. The minimum absolute atomic E-state index is 0. The lowest BCUT2D eigenvalue weighted by molar-refractivity contribution is -0.131. The van der Waals surface area contributed by atoms with Crippen LogP contribution in [0.2, 0.25) is 0 Å². The molecular weight excluding hydrogens is 542 g/mol. The number of benzene rings is 1. The van der Waals surface area contributed by atoms with Crippen LogP contribution in [0.1, 0.15) is 23.2 Å². The second-order valence-electron chi connectivity index (χ2n) is 7.40. The Balaban J connectivity index is 0.00000363. The maximum atomic E-state index is 13.1. The quantitative estimate of drug-likeness (QED) is 0.288. The fourth-order valence-corrected chi connectivity index (χ4v) is 4.21. The van der Waals surface area contributed by atoms with E-state index in [4.69, 9.17) is 0 Å². The van der Waals surface area contributed by atoms with Gasteiger partial charge in [-0.1, -0.05) is 0 Å². The van der Waals surface area contributed by atoms with Gasteiger partial charge in [0.2, 0.25) is 5.91 Å². The first-order valence-electron chi connectivity index (χ1n) is 10.8. The number of aryl methyl sites for hydroxylation is 1. The molecule has 7 nitrogen and oxygen atoms in total. The molecule has 0 atom stereocenters. The third-order valence-corrected chi connectivity index (χ3v) is 6.04. The number of rotatable bonds is 8. The molecule has 10 heteroatoms. The highest BCUT2D eigenvalue weighted by molar-refractivity contribution is 14.0. The molecular formula is C22H32FIN6OS. The van der Waals surface area contributed by atoms with Crippen molar-refractivity contribution in [3.8, 4) is 0 Å². The molecule has 1 fully saturated rings. The Morgan fingerprint density at radius 2 is 1.91 bits per heavy atom. The van der Waals surface area contributed by atoms with Gasteiger partial charge in [0.05, 0.1) is 5.01 Å². The number of carbonyl (C=O) groups is 1. The number of anilines is 1. The normalized spacial score (nSPS) is 14.2. The number of amides is 1. The van der Waals surface area contributed by atoms with Gasteiger partial charge in [0, 0.05) is 75.4 Å². The minimum atomic E-state index is -0.233. The van der Waals surface area contributed by atoms with Crippen molar-refractivity contribution in [2.24, 2.45) is 4.99 Å². The van der Waals surface area contributed by atoms with Crippen LogP contribution in [0.5, 0.6) is 0 Å². The van der Waals surface area contributed by atoms with E-state index < -0.39 is 0 Å². The average Bonchev–Trinajstić information content (AvgIpc) is 3.19. The Labute approximate surface area is 210 Å². The summed E-state index contributed by atoms with van der Waals surface area (Å²) in [5.41, 5.74) is 0.995. The van der Waals surface area contributed by atoms with Gasteiger partial charge in [0.25, 0.3) is 0 Å². The number of hydrogen-bond acceptors (Lipinski definition) is 5. The van der Waals surface area contributed by atoms with Crippen LogP contribution in [0.25, 0.3) is 0 Å². The monoisotopic (exact) mass is 574 g/mol. The fourth-order valence-electron chi connectivity index (χ4n) is 3.43. The third-order valence-electron chi connectivity index (χ3n) is 5.06. The molecule has 1 amide bonds. The first-order valence-corrected chi connectivity index (χ1v) is 11.6. The molecule has 1 saturated heterocycles. The summed E-state index contributed by atoms with van der Waals surface area (Å²) in [5.74, 6) is 0.633. The minimum Gasteiger partial charge on any atom is -0.368 e. The topological polar surface area (TPSA) is 72.9 Å². The van der Waals surface area contributed by atoms with Gasteiger partial charge in [-0.3, -0.25) is 9.79 Å². The number of carbonyl (C=O) groups excluding carboxylic acids is 1. The molecule has 1 aliphatic rings. The van der Waals surface area contributed by atoms with Crippen LogP contribution in [-0.2, 0) is 11.2 Å². The van der Waals surface area contributed by atoms with Crippen LogP contribution in [0.4, 0.5) is 10.1 Å². The smallest absolute Gasteiger partial charge is 0.224 e. The molecule has 1 aromatic heterocycles. The number of thiazole rings is 1. The van der Waals surface area contributed by atoms with Crippen molar-refractivity contribution >= 4 is 52.9 Å². The number of aromatic nitrogens is 1. The van der Waals surface area contributed by atoms with Crippen LogP contribution in [0, 0.1) is 12.7 Å². The molecule has 0 spiro atoms. The van der Waals surface area contributed by atoms with E-state index in [-0.39, 0.29) is 35.7 Å². The zero-order valence-electron chi connectivity index (χ0n) is 18.6. The molecule has 1 aromatic carbocycles. The van der Waals surface area contributed by atoms with Crippen LogP contribution in [0.15, 0.2) is 35.5 Å². The predicted molar refractivity (Wildman–Crippen MR) is 140 cm³/mol. The number of hydrogen-bond donors (Lipinski definition) is 2. The maximum absolute atomic E-state index is 13.1. The van der Waals surface area contributed by atoms with Crippen molar-refractivity contribution in [2.75, 3.05) is 50.7 Å². The van der Waals surface area contributed by atoms with Crippen molar-refractivity contribution in [1.29, 1.82) is 0 Å². The zero-order valence-corrected chi connectivity index (χ0v) is 21.8. The Bertz CT molecular complexity index is 868. The fraction of sp³-hybridized carbons (Fsp3) is 0.500. The Morgan fingerprint density at radius 3 is 2.53 bits per heavy atom. The van der Waals surface area contributed by atoms with Gasteiger partial charge in [-0.2, -0.15) is 0 Å². The number of nitrogens with one attached hydrogen (secondary N) is 2. The van der Waals surface area contributed by atoms with Crippen LogP contribution >= 0.6 is 35.3 Å². The Kier molecular flexibility index (Phi) is 11.1. The largest absolute Gasteiger partial charge is 0.368 e. The third kappa shape index (κ3) is 8.19. The molecule has 2 aromatic rings. The Morgan fingerprint density at radius 1 is 1.19 bits per heavy atom. The molecule has 0 aliphatic carbocycles. The second kappa shape index (κ2) is 13.6. The number of piperazine rings is 1. The van der Waals surface area contributed by atoms with Crippen molar-refractivity contribution in [2.45, 2.75) is 26.7 Å². The van der Waals surface area contributed by atoms with Gasteiger partial charge < -0.3 is 20.4 Å². The molecule has 0 radical (unpaired) electrons. The molecule has 32 heavy (non-hydrogen) atoms. The first-order chi connectivity index (χ1) is 15.0. The van der Waals surface area contributed by atoms with E-state index in [1.54, 1.807) is 23.5 Å². The van der Waals surface area contributed by atoms with Gasteiger partial charge in [-0.15, -0.1) is 35.3 Å². The molecule has 0 unspecified atom stereocenters. The van der Waals surface area contributed by atoms with Crippen LogP contribution in [0.3, 0.4) is 0 Å². The van der Waals surface area contributed by atoms with Gasteiger partial charge in [-0.25, -0.2) is 9.37 Å². The highest BCUT2D eigenvalue weighted by Crippen LogP contribution is 2.17. The summed E-state index contributed by atoms with van der Waals surface area (Å²) in [4.78, 5) is 26.8. The van der Waals surface area contributed by atoms with E-state index in [0.29, 0.717) is 32.6 Å². The first kappa shape index (κ1) is 26.3. The SMILES string of the molecule is CCNC(=NCCc1ncc(C)s1)NCCC(=O)N1CCN(c2ccc(F)cc2)CC1.I. The van der Waals surface area contributed by atoms with Gasteiger partial charge in [0.15, 0.2) is 5.96 Å². The van der Waals surface area contributed by atoms with Gasteiger partial charge in [-0.05, 0) is 38.1 Å². The summed E-state index contributed by atoms with van der Waals surface area (Å²) >= 11 is 1.70. The van der Waals surface area contributed by atoms with E-state index in [0.717, 1.165) is 42.7 Å². The second-order valence-corrected chi connectivity index (χ2v) is 8.72. The molecule has 0 saturated carbocycles. The zero-order chi connectivity index (χ0) is 22.1. The van der Waals surface area contributed by atoms with Crippen molar-refractivity contribution in [3.05, 3.63) is 46.2 Å². The lowest BCUT2D eigenvalue weighted by Gasteiger charge is -2.36. The van der Waals surface area contributed by atoms with E-state index in [9.17, 15) is 9.18 Å². The van der Waals surface area contributed by atoms with Crippen molar-refractivity contribution < 1.29 is 9.18 Å². The Hall–Kier alpha value is -1.95. The van der Waals surface area contributed by atoms with Crippen LogP contribution in [-0.4, -0.2) is 67.6 Å². The van der Waals surface area contributed by atoms with E-state index in [2.05, 4.69) is 32.4 Å². The molecule has 1 aliphatic heterocycles. The van der Waals surface area contributed by atoms with Crippen molar-refractivity contribution in [1.82, 2.24) is 20.5 Å². The summed E-state index contributed by atoms with van der Waals surface area (Å²) in [6.45, 7) is 8.90. The number of nitrogens with zero attached hydrogens (tertiary/aromatic N) is 4. The van der Waals surface area contributed by atoms with Gasteiger partial charge in [0.1, 0.15) is 5.82 Å². The van der Waals surface area contributed by atoms with E-state index in [1.807, 2.05) is 18.0 Å². The molecule has 176 valence electrons. The summed E-state index contributed by atoms with van der Waals surface area (Å²) < 4.78 is 13.1. The number of guanidine groups is 1. The van der Waals surface area contributed by atoms with Crippen molar-refractivity contribution in [3.63, 3.8) is 0 Å². The van der Waals surface area contributed by atoms with E-state index in [1.165, 1.54) is 17.0 Å². The standard InChI is InChI=1S/C22H31FN6OS.HI/c1-3-24-22(25-10-8-20-27-16-17(2)31-20)26-11-9-21(30)29-14-12-28(13-15-29)19-6-4-18(23)5-7-19;/h4-7,16H,3,8-15H2,1-2H3,(H2,24,25,26);1H. The predicted octanol–water partition coefficient (Wildman–Crippen LogP) is 3.05. The average molecular weight is 575 g/mol. The summed E-state index contributed by atoms with van der Waals surface area (Å²) in [5, 5.41) is 7.56. The van der Waals surface area contributed by atoms with E-state index >= 15 is 0 Å². The lowest BCUT2D eigenvalue weighted by atomic mass is 10.2. The lowest BCUT2D eigenvalue weighted by Crippen LogP contribution is -2.49. The summed E-state index contributed by atoms with van der Waals surface area (Å²) in [6.07, 6.45) is 3.12. The summed E-state index contributed by atoms with van der Waals surface area (Å²) in [7, 11) is 0. The molecule has 0 bridgehead atoms. The number of aliphatic imine (C=N–C) groups is 1. The molecule has 3 rings (SSSR count). The maximum Gasteiger partial charge on any atom is 0.224 e. The van der Waals surface area contributed by atoms with Crippen LogP contribution < -0.4 is 15.5 Å². The molecule has 2 N–H and O–H groups in total. The number of halogens is 2. The molecule has 2 heterocycles. The highest BCUT2D eigenvalue weighted by atomic mass is 127. The van der Waals surface area contributed by atoms with Gasteiger partial charge >= 0.3 is 0 Å². The summed E-state index contributed by atoms with van der Waals surface area (Å²) in [6, 6.07) is 6.52.